The molecule has 3 aromatic carbocycles. The lowest BCUT2D eigenvalue weighted by Gasteiger charge is -2.16. The predicted octanol–water partition coefficient (Wildman–Crippen LogP) is 5.75. The molecule has 1 heterocycles. The number of fused-ring (bicyclic) bond motifs is 1. The van der Waals surface area contributed by atoms with E-state index in [0.717, 1.165) is 31.8 Å². The summed E-state index contributed by atoms with van der Waals surface area (Å²) in [6, 6.07) is 18.1. The minimum absolute atomic E-state index is 0.360. The fourth-order valence-electron chi connectivity index (χ4n) is 3.21. The summed E-state index contributed by atoms with van der Waals surface area (Å²) in [4.78, 5) is 23.6. The third-order valence-electron chi connectivity index (χ3n) is 4.52. The molecule has 0 bridgehead atoms. The van der Waals surface area contributed by atoms with Gasteiger partial charge in [-0.25, -0.2) is 0 Å². The van der Waals surface area contributed by atoms with Crippen molar-refractivity contribution in [2.45, 2.75) is 13.5 Å². The van der Waals surface area contributed by atoms with E-state index in [9.17, 15) is 9.59 Å². The van der Waals surface area contributed by atoms with Gasteiger partial charge in [-0.15, -0.1) is 0 Å². The number of hydrogen-bond donors (Lipinski definition) is 1. The molecule has 1 aliphatic rings. The summed E-state index contributed by atoms with van der Waals surface area (Å²) >= 11 is 3.09. The van der Waals surface area contributed by atoms with Crippen LogP contribution in [0.1, 0.15) is 18.1 Å². The first-order valence-electron chi connectivity index (χ1n) is 9.36. The molecule has 0 aromatic heterocycles. The Labute approximate surface area is 192 Å². The van der Waals surface area contributed by atoms with Gasteiger partial charge in [0.25, 0.3) is 11.1 Å². The van der Waals surface area contributed by atoms with Crippen molar-refractivity contribution in [2.75, 3.05) is 6.61 Å². The number of benzene rings is 3. The van der Waals surface area contributed by atoms with Crippen LogP contribution in [0, 0.1) is 3.57 Å². The van der Waals surface area contributed by atoms with E-state index in [2.05, 4.69) is 52.2 Å². The molecular formula is C23H18INO4S. The smallest absolute Gasteiger partial charge is 0.290 e. The molecule has 30 heavy (non-hydrogen) atoms. The highest BCUT2D eigenvalue weighted by molar-refractivity contribution is 14.1. The number of halogens is 1. The maximum Gasteiger partial charge on any atom is 0.290 e. The van der Waals surface area contributed by atoms with Gasteiger partial charge in [-0.1, -0.05) is 42.5 Å². The second-order valence-corrected chi connectivity index (χ2v) is 8.72. The van der Waals surface area contributed by atoms with E-state index in [1.807, 2.05) is 37.3 Å². The molecule has 1 aliphatic heterocycles. The number of imide groups is 1. The van der Waals surface area contributed by atoms with Gasteiger partial charge < -0.3 is 9.47 Å². The maximum absolute atomic E-state index is 11.8. The van der Waals surface area contributed by atoms with Crippen molar-refractivity contribution < 1.29 is 19.1 Å². The van der Waals surface area contributed by atoms with Crippen molar-refractivity contribution >= 4 is 62.3 Å². The maximum atomic E-state index is 11.8. The largest absolute Gasteiger partial charge is 0.490 e. The van der Waals surface area contributed by atoms with Gasteiger partial charge in [-0.05, 0) is 81.4 Å². The third-order valence-corrected chi connectivity index (χ3v) is 6.14. The molecule has 0 saturated carbocycles. The fraction of sp³-hybridized carbons (Fsp3) is 0.130. The van der Waals surface area contributed by atoms with Crippen molar-refractivity contribution in [1.29, 1.82) is 0 Å². The molecule has 5 nitrogen and oxygen atoms in total. The van der Waals surface area contributed by atoms with E-state index < -0.39 is 0 Å². The standard InChI is InChI=1S/C23H18INO4S/c1-2-28-19-11-14(12-20-22(26)25-23(27)30-20)10-18(24)21(19)29-13-16-8-5-7-15-6-3-4-9-17(15)16/h3-12H,2,13H2,1H3,(H,25,26,27)/b20-12-. The lowest BCUT2D eigenvalue weighted by molar-refractivity contribution is -0.115. The minimum Gasteiger partial charge on any atom is -0.490 e. The van der Waals surface area contributed by atoms with Crippen LogP contribution in [-0.4, -0.2) is 17.8 Å². The zero-order valence-corrected chi connectivity index (χ0v) is 19.1. The quantitative estimate of drug-likeness (QED) is 0.325. The Kier molecular flexibility index (Phi) is 6.29. The Balaban J connectivity index is 1.63. The summed E-state index contributed by atoms with van der Waals surface area (Å²) in [5, 5.41) is 4.23. The summed E-state index contributed by atoms with van der Waals surface area (Å²) in [5.41, 5.74) is 1.86. The highest BCUT2D eigenvalue weighted by Crippen LogP contribution is 2.37. The number of carbonyl (C=O) groups is 2. The van der Waals surface area contributed by atoms with E-state index in [1.54, 1.807) is 6.08 Å². The van der Waals surface area contributed by atoms with Gasteiger partial charge >= 0.3 is 0 Å². The molecule has 0 atom stereocenters. The SMILES string of the molecule is CCOc1cc(/C=C2\SC(=O)NC2=O)cc(I)c1OCc1cccc2ccccc12. The van der Waals surface area contributed by atoms with E-state index in [4.69, 9.17) is 9.47 Å². The number of rotatable bonds is 6. The lowest BCUT2D eigenvalue weighted by atomic mass is 10.1. The molecule has 1 fully saturated rings. The first-order chi connectivity index (χ1) is 14.5. The molecule has 1 saturated heterocycles. The summed E-state index contributed by atoms with van der Waals surface area (Å²) in [5.74, 6) is 0.882. The van der Waals surface area contributed by atoms with Gasteiger partial charge in [0.15, 0.2) is 11.5 Å². The summed E-state index contributed by atoms with van der Waals surface area (Å²) in [6.45, 7) is 2.80. The number of carbonyl (C=O) groups excluding carboxylic acids is 2. The zero-order chi connectivity index (χ0) is 21.1. The topological polar surface area (TPSA) is 64.6 Å². The lowest BCUT2D eigenvalue weighted by Crippen LogP contribution is -2.17. The monoisotopic (exact) mass is 531 g/mol. The summed E-state index contributed by atoms with van der Waals surface area (Å²) < 4.78 is 12.9. The normalized spacial score (nSPS) is 14.9. The average Bonchev–Trinajstić information content (AvgIpc) is 3.04. The molecule has 0 aliphatic carbocycles. The molecule has 1 N–H and O–H groups in total. The van der Waals surface area contributed by atoms with Gasteiger partial charge in [0.2, 0.25) is 0 Å². The van der Waals surface area contributed by atoms with Gasteiger partial charge in [-0.3, -0.25) is 14.9 Å². The second kappa shape index (κ2) is 9.09. The Morgan fingerprint density at radius 1 is 1.07 bits per heavy atom. The first kappa shape index (κ1) is 20.7. The van der Waals surface area contributed by atoms with Crippen molar-refractivity contribution in [3.8, 4) is 11.5 Å². The Bertz CT molecular complexity index is 1170. The number of amides is 2. The van der Waals surface area contributed by atoms with Gasteiger partial charge in [0, 0.05) is 0 Å². The Morgan fingerprint density at radius 3 is 2.63 bits per heavy atom. The zero-order valence-electron chi connectivity index (χ0n) is 16.1. The van der Waals surface area contributed by atoms with Crippen LogP contribution in [0.5, 0.6) is 11.5 Å². The third kappa shape index (κ3) is 4.46. The van der Waals surface area contributed by atoms with Crippen LogP contribution in [0.15, 0.2) is 59.5 Å². The van der Waals surface area contributed by atoms with Crippen LogP contribution in [0.2, 0.25) is 0 Å². The molecule has 0 unspecified atom stereocenters. The van der Waals surface area contributed by atoms with Gasteiger partial charge in [0.05, 0.1) is 15.1 Å². The van der Waals surface area contributed by atoms with Gasteiger partial charge in [0.1, 0.15) is 6.61 Å². The number of hydrogen-bond acceptors (Lipinski definition) is 5. The molecule has 7 heteroatoms. The van der Waals surface area contributed by atoms with Crippen molar-refractivity contribution in [2.24, 2.45) is 0 Å². The summed E-state index contributed by atoms with van der Waals surface area (Å²) in [7, 11) is 0. The van der Waals surface area contributed by atoms with E-state index >= 15 is 0 Å². The Hall–Kier alpha value is -2.52. The number of ether oxygens (including phenoxy) is 2. The average molecular weight is 531 g/mol. The van der Waals surface area contributed by atoms with Crippen LogP contribution in [0.25, 0.3) is 16.8 Å². The molecule has 4 rings (SSSR count). The summed E-state index contributed by atoms with van der Waals surface area (Å²) in [6.07, 6.45) is 1.68. The van der Waals surface area contributed by atoms with Crippen molar-refractivity contribution in [1.82, 2.24) is 5.32 Å². The molecule has 152 valence electrons. The molecule has 3 aromatic rings. The number of thioether (sulfide) groups is 1. The van der Waals surface area contributed by atoms with Crippen molar-refractivity contribution in [3.05, 3.63) is 74.2 Å². The van der Waals surface area contributed by atoms with Crippen LogP contribution in [0.3, 0.4) is 0 Å². The predicted molar refractivity (Wildman–Crippen MR) is 128 cm³/mol. The molecule has 0 spiro atoms. The van der Waals surface area contributed by atoms with Gasteiger partial charge in [-0.2, -0.15) is 0 Å². The first-order valence-corrected chi connectivity index (χ1v) is 11.3. The highest BCUT2D eigenvalue weighted by atomic mass is 127. The van der Waals surface area contributed by atoms with E-state index in [0.29, 0.717) is 29.6 Å². The Morgan fingerprint density at radius 2 is 1.87 bits per heavy atom. The van der Waals surface area contributed by atoms with E-state index in [-0.39, 0.29) is 11.1 Å². The van der Waals surface area contributed by atoms with Crippen LogP contribution in [0.4, 0.5) is 4.79 Å². The molecular weight excluding hydrogens is 513 g/mol. The second-order valence-electron chi connectivity index (χ2n) is 6.54. The number of nitrogens with one attached hydrogen (secondary N) is 1. The fourth-order valence-corrected chi connectivity index (χ4v) is 4.68. The molecule has 0 radical (unpaired) electrons. The van der Waals surface area contributed by atoms with Crippen LogP contribution < -0.4 is 14.8 Å². The molecule has 2 amide bonds. The van der Waals surface area contributed by atoms with Crippen LogP contribution in [-0.2, 0) is 11.4 Å². The van der Waals surface area contributed by atoms with Crippen molar-refractivity contribution in [3.63, 3.8) is 0 Å². The highest BCUT2D eigenvalue weighted by Gasteiger charge is 2.25. The van der Waals surface area contributed by atoms with E-state index in [1.165, 1.54) is 5.39 Å². The minimum atomic E-state index is -0.380. The van der Waals surface area contributed by atoms with Crippen LogP contribution >= 0.6 is 34.4 Å².